The fourth-order valence-electron chi connectivity index (χ4n) is 4.31. The molecule has 0 spiro atoms. The standard InChI is InChI=1S/C25H30N2O/c28-25-15-7-2-1-3-10-17-26-20-22(23-13-8-9-14-24(23)26)16-18-27(25)19-21-11-5-4-6-12-21/h4-6,8-9,11-14,20H,1-3,7,10,15-19H2. The lowest BCUT2D eigenvalue weighted by Gasteiger charge is -2.23. The molecule has 3 nitrogen and oxygen atoms in total. The Morgan fingerprint density at radius 1 is 0.750 bits per heavy atom. The van der Waals surface area contributed by atoms with Gasteiger partial charge in [-0.2, -0.15) is 0 Å². The van der Waals surface area contributed by atoms with Crippen molar-refractivity contribution in [3.8, 4) is 0 Å². The van der Waals surface area contributed by atoms with E-state index < -0.39 is 0 Å². The Kier molecular flexibility index (Phi) is 6.11. The molecule has 4 rings (SSSR count). The van der Waals surface area contributed by atoms with Gasteiger partial charge < -0.3 is 9.47 Å². The minimum absolute atomic E-state index is 0.296. The molecule has 0 saturated carbocycles. The highest BCUT2D eigenvalue weighted by Gasteiger charge is 2.16. The molecule has 0 unspecified atom stereocenters. The first kappa shape index (κ1) is 18.8. The molecule has 2 bridgehead atoms. The lowest BCUT2D eigenvalue weighted by atomic mass is 10.1. The van der Waals surface area contributed by atoms with E-state index in [0.717, 1.165) is 32.4 Å². The fraction of sp³-hybridized carbons (Fsp3) is 0.400. The van der Waals surface area contributed by atoms with Gasteiger partial charge in [0.05, 0.1) is 0 Å². The van der Waals surface area contributed by atoms with Gasteiger partial charge >= 0.3 is 0 Å². The minimum atomic E-state index is 0.296. The molecular formula is C25H30N2O. The van der Waals surface area contributed by atoms with Crippen molar-refractivity contribution in [2.24, 2.45) is 0 Å². The zero-order valence-electron chi connectivity index (χ0n) is 16.6. The first-order chi connectivity index (χ1) is 13.8. The van der Waals surface area contributed by atoms with Crippen LogP contribution in [0.4, 0.5) is 0 Å². The summed E-state index contributed by atoms with van der Waals surface area (Å²) in [6.07, 6.45) is 9.75. The first-order valence-corrected chi connectivity index (χ1v) is 10.7. The maximum atomic E-state index is 12.9. The lowest BCUT2D eigenvalue weighted by Crippen LogP contribution is -2.32. The summed E-state index contributed by atoms with van der Waals surface area (Å²) < 4.78 is 2.42. The largest absolute Gasteiger partial charge is 0.347 e. The molecule has 0 atom stereocenters. The van der Waals surface area contributed by atoms with Crippen molar-refractivity contribution in [2.75, 3.05) is 6.54 Å². The third-order valence-electron chi connectivity index (χ3n) is 5.88. The van der Waals surface area contributed by atoms with Crippen LogP contribution in [0.2, 0.25) is 0 Å². The quantitative estimate of drug-likeness (QED) is 0.576. The average Bonchev–Trinajstić information content (AvgIpc) is 3.08. The molecular weight excluding hydrogens is 344 g/mol. The number of hydrogen-bond donors (Lipinski definition) is 0. The predicted molar refractivity (Wildman–Crippen MR) is 115 cm³/mol. The normalized spacial score (nSPS) is 16.9. The summed E-state index contributed by atoms with van der Waals surface area (Å²) in [5, 5.41) is 1.34. The van der Waals surface area contributed by atoms with Crippen molar-refractivity contribution in [1.82, 2.24) is 9.47 Å². The SMILES string of the molecule is O=C1CCCCCCCn2cc(c3ccccc32)CCN1Cc1ccccc1. The van der Waals surface area contributed by atoms with Crippen LogP contribution in [0.25, 0.3) is 10.9 Å². The van der Waals surface area contributed by atoms with Crippen LogP contribution in [0, 0.1) is 0 Å². The van der Waals surface area contributed by atoms with Gasteiger partial charge in [-0.3, -0.25) is 4.79 Å². The third-order valence-corrected chi connectivity index (χ3v) is 5.88. The number of carbonyl (C=O) groups is 1. The molecule has 3 aromatic rings. The summed E-state index contributed by atoms with van der Waals surface area (Å²) in [5.74, 6) is 0.296. The first-order valence-electron chi connectivity index (χ1n) is 10.7. The number of amides is 1. The molecule has 0 fully saturated rings. The molecule has 1 aromatic heterocycles. The van der Waals surface area contributed by atoms with Crippen molar-refractivity contribution < 1.29 is 4.79 Å². The second-order valence-electron chi connectivity index (χ2n) is 7.93. The van der Waals surface area contributed by atoms with Crippen LogP contribution < -0.4 is 0 Å². The number of rotatable bonds is 2. The highest BCUT2D eigenvalue weighted by molar-refractivity contribution is 5.84. The molecule has 1 amide bonds. The molecule has 3 heteroatoms. The van der Waals surface area contributed by atoms with Crippen LogP contribution in [0.15, 0.2) is 60.8 Å². The monoisotopic (exact) mass is 374 g/mol. The van der Waals surface area contributed by atoms with E-state index in [1.165, 1.54) is 41.3 Å². The Balaban J connectivity index is 1.60. The fourth-order valence-corrected chi connectivity index (χ4v) is 4.31. The van der Waals surface area contributed by atoms with E-state index in [1.807, 2.05) is 6.07 Å². The molecule has 2 heterocycles. The molecule has 28 heavy (non-hydrogen) atoms. The van der Waals surface area contributed by atoms with Crippen LogP contribution in [0.3, 0.4) is 0 Å². The van der Waals surface area contributed by atoms with Crippen LogP contribution in [0.1, 0.15) is 49.7 Å². The van der Waals surface area contributed by atoms with Crippen molar-refractivity contribution in [3.05, 3.63) is 71.9 Å². The Morgan fingerprint density at radius 2 is 1.50 bits per heavy atom. The van der Waals surface area contributed by atoms with E-state index in [9.17, 15) is 4.79 Å². The molecule has 1 aliphatic rings. The van der Waals surface area contributed by atoms with E-state index in [4.69, 9.17) is 0 Å². The number of fused-ring (bicyclic) bond motifs is 5. The Morgan fingerprint density at radius 3 is 2.39 bits per heavy atom. The Labute approximate surface area is 168 Å². The van der Waals surface area contributed by atoms with Gasteiger partial charge in [0.15, 0.2) is 0 Å². The van der Waals surface area contributed by atoms with Gasteiger partial charge in [-0.1, -0.05) is 67.8 Å². The van der Waals surface area contributed by atoms with Crippen LogP contribution in [-0.2, 0) is 24.3 Å². The molecule has 0 radical (unpaired) electrons. The van der Waals surface area contributed by atoms with E-state index in [1.54, 1.807) is 0 Å². The van der Waals surface area contributed by atoms with Gasteiger partial charge in [-0.05, 0) is 36.5 Å². The average molecular weight is 375 g/mol. The van der Waals surface area contributed by atoms with E-state index in [2.05, 4.69) is 64.2 Å². The topological polar surface area (TPSA) is 25.2 Å². The summed E-state index contributed by atoms with van der Waals surface area (Å²) in [5.41, 5.74) is 3.89. The van der Waals surface area contributed by atoms with Crippen molar-refractivity contribution >= 4 is 16.8 Å². The highest BCUT2D eigenvalue weighted by atomic mass is 16.2. The smallest absolute Gasteiger partial charge is 0.222 e. The molecule has 0 N–H and O–H groups in total. The number of carbonyl (C=O) groups excluding carboxylic acids is 1. The Hall–Kier alpha value is -2.55. The van der Waals surface area contributed by atoms with Gasteiger partial charge in [0.1, 0.15) is 0 Å². The van der Waals surface area contributed by atoms with Crippen molar-refractivity contribution in [2.45, 2.75) is 58.0 Å². The lowest BCUT2D eigenvalue weighted by molar-refractivity contribution is -0.131. The number of aryl methyl sites for hydroxylation is 1. The van der Waals surface area contributed by atoms with E-state index >= 15 is 0 Å². The van der Waals surface area contributed by atoms with Gasteiger partial charge in [-0.15, -0.1) is 0 Å². The molecule has 146 valence electrons. The number of para-hydroxylation sites is 1. The molecule has 0 saturated heterocycles. The molecule has 1 aliphatic heterocycles. The minimum Gasteiger partial charge on any atom is -0.347 e. The molecule has 0 aliphatic carbocycles. The summed E-state index contributed by atoms with van der Waals surface area (Å²) in [6.45, 7) is 2.58. The zero-order valence-corrected chi connectivity index (χ0v) is 16.6. The predicted octanol–water partition coefficient (Wildman–Crippen LogP) is 5.57. The van der Waals surface area contributed by atoms with Crippen LogP contribution in [-0.4, -0.2) is 21.9 Å². The van der Waals surface area contributed by atoms with Gasteiger partial charge in [0.25, 0.3) is 0 Å². The second-order valence-corrected chi connectivity index (χ2v) is 7.93. The van der Waals surface area contributed by atoms with E-state index in [0.29, 0.717) is 18.9 Å². The van der Waals surface area contributed by atoms with Crippen LogP contribution in [0.5, 0.6) is 0 Å². The van der Waals surface area contributed by atoms with E-state index in [-0.39, 0.29) is 0 Å². The zero-order chi connectivity index (χ0) is 19.2. The van der Waals surface area contributed by atoms with Crippen LogP contribution >= 0.6 is 0 Å². The number of benzene rings is 2. The third kappa shape index (κ3) is 4.46. The maximum Gasteiger partial charge on any atom is 0.222 e. The summed E-state index contributed by atoms with van der Waals surface area (Å²) in [6, 6.07) is 19.1. The van der Waals surface area contributed by atoms with Gasteiger partial charge in [0.2, 0.25) is 5.91 Å². The highest BCUT2D eigenvalue weighted by Crippen LogP contribution is 2.24. The van der Waals surface area contributed by atoms with Crippen molar-refractivity contribution in [3.63, 3.8) is 0 Å². The van der Waals surface area contributed by atoms with Gasteiger partial charge in [0, 0.05) is 43.2 Å². The summed E-state index contributed by atoms with van der Waals surface area (Å²) in [7, 11) is 0. The maximum absolute atomic E-state index is 12.9. The number of nitrogens with zero attached hydrogens (tertiary/aromatic N) is 2. The Bertz CT molecular complexity index is 913. The second kappa shape index (κ2) is 9.09. The van der Waals surface area contributed by atoms with Crippen molar-refractivity contribution in [1.29, 1.82) is 0 Å². The summed E-state index contributed by atoms with van der Waals surface area (Å²) in [4.78, 5) is 15.0. The molecule has 2 aromatic carbocycles. The van der Waals surface area contributed by atoms with Gasteiger partial charge in [-0.25, -0.2) is 0 Å². The number of aromatic nitrogens is 1. The number of hydrogen-bond acceptors (Lipinski definition) is 1. The summed E-state index contributed by atoms with van der Waals surface area (Å²) >= 11 is 0.